The molecular formula is C27H46O3. The Hall–Kier alpha value is -0.380. The maximum atomic E-state index is 11.1. The van der Waals surface area contributed by atoms with Gasteiger partial charge in [0.05, 0.1) is 6.10 Å². The summed E-state index contributed by atoms with van der Waals surface area (Å²) in [7, 11) is 0. The number of aliphatic hydroxyl groups excluding tert-OH is 1. The van der Waals surface area contributed by atoms with Crippen molar-refractivity contribution in [1.82, 2.24) is 0 Å². The molecule has 0 heterocycles. The fraction of sp³-hybridized carbons (Fsp3) is 0.926. The zero-order valence-corrected chi connectivity index (χ0v) is 20.0. The highest BCUT2D eigenvalue weighted by Crippen LogP contribution is 2.68. The minimum Gasteiger partial charge on any atom is -0.393 e. The van der Waals surface area contributed by atoms with Crippen molar-refractivity contribution in [2.45, 2.75) is 111 Å². The number of aliphatic hydroxyl groups is 3. The van der Waals surface area contributed by atoms with Gasteiger partial charge in [0.2, 0.25) is 0 Å². The van der Waals surface area contributed by atoms with Gasteiger partial charge in [0.15, 0.2) is 5.79 Å². The lowest BCUT2D eigenvalue weighted by atomic mass is 9.45. The van der Waals surface area contributed by atoms with Crippen LogP contribution in [0.1, 0.15) is 98.8 Å². The molecule has 3 saturated carbocycles. The molecule has 0 bridgehead atoms. The van der Waals surface area contributed by atoms with E-state index in [0.29, 0.717) is 29.6 Å². The molecule has 3 heteroatoms. The van der Waals surface area contributed by atoms with E-state index in [1.165, 1.54) is 38.5 Å². The van der Waals surface area contributed by atoms with E-state index in [1.54, 1.807) is 0 Å². The normalized spacial score (nSPS) is 46.0. The first-order valence-corrected chi connectivity index (χ1v) is 12.8. The van der Waals surface area contributed by atoms with E-state index >= 15 is 0 Å². The molecule has 4 aliphatic carbocycles. The summed E-state index contributed by atoms with van der Waals surface area (Å²) in [5, 5.41) is 32.4. The number of hydrogen-bond donors (Lipinski definition) is 3. The van der Waals surface area contributed by atoms with Crippen LogP contribution in [-0.4, -0.2) is 27.2 Å². The molecule has 172 valence electrons. The molecule has 0 unspecified atom stereocenters. The number of hydrogen-bond acceptors (Lipinski definition) is 3. The summed E-state index contributed by atoms with van der Waals surface area (Å²) < 4.78 is 0. The van der Waals surface area contributed by atoms with E-state index in [-0.39, 0.29) is 6.42 Å². The van der Waals surface area contributed by atoms with Crippen molar-refractivity contribution in [1.29, 1.82) is 0 Å². The summed E-state index contributed by atoms with van der Waals surface area (Å²) in [4.78, 5) is 0. The van der Waals surface area contributed by atoms with Gasteiger partial charge in [-0.1, -0.05) is 65.5 Å². The van der Waals surface area contributed by atoms with Gasteiger partial charge in [0.25, 0.3) is 0 Å². The van der Waals surface area contributed by atoms with Crippen molar-refractivity contribution < 1.29 is 15.3 Å². The molecule has 0 aromatic carbocycles. The lowest BCUT2D eigenvalue weighted by Gasteiger charge is -2.61. The Bertz CT molecular complexity index is 667. The van der Waals surface area contributed by atoms with Gasteiger partial charge in [-0.3, -0.25) is 0 Å². The molecule has 0 aliphatic heterocycles. The van der Waals surface area contributed by atoms with Crippen molar-refractivity contribution in [3.05, 3.63) is 11.6 Å². The Morgan fingerprint density at radius 3 is 2.47 bits per heavy atom. The number of fused-ring (bicyclic) bond motifs is 5. The second-order valence-electron chi connectivity index (χ2n) is 12.5. The molecule has 3 N–H and O–H groups in total. The Balaban J connectivity index is 1.55. The van der Waals surface area contributed by atoms with E-state index < -0.39 is 17.3 Å². The van der Waals surface area contributed by atoms with Crippen molar-refractivity contribution in [2.24, 2.45) is 46.3 Å². The molecule has 0 aromatic rings. The fourth-order valence-electron chi connectivity index (χ4n) is 8.80. The highest BCUT2D eigenvalue weighted by molar-refractivity contribution is 5.29. The van der Waals surface area contributed by atoms with E-state index in [4.69, 9.17) is 0 Å². The Kier molecular flexibility index (Phi) is 5.99. The van der Waals surface area contributed by atoms with Crippen LogP contribution in [-0.2, 0) is 0 Å². The van der Waals surface area contributed by atoms with Gasteiger partial charge in [-0.15, -0.1) is 0 Å². The average Bonchev–Trinajstić information content (AvgIpc) is 2.99. The second kappa shape index (κ2) is 7.89. The van der Waals surface area contributed by atoms with Crippen molar-refractivity contribution in [3.63, 3.8) is 0 Å². The van der Waals surface area contributed by atoms with Crippen LogP contribution >= 0.6 is 0 Å². The molecule has 0 spiro atoms. The quantitative estimate of drug-likeness (QED) is 0.398. The molecule has 3 fully saturated rings. The molecule has 0 aromatic heterocycles. The van der Waals surface area contributed by atoms with Gasteiger partial charge in [0, 0.05) is 11.8 Å². The highest BCUT2D eigenvalue weighted by atomic mass is 16.5. The average molecular weight is 419 g/mol. The van der Waals surface area contributed by atoms with Crippen molar-refractivity contribution in [3.8, 4) is 0 Å². The van der Waals surface area contributed by atoms with Crippen LogP contribution in [0, 0.1) is 46.3 Å². The molecule has 0 radical (unpaired) electrons. The summed E-state index contributed by atoms with van der Waals surface area (Å²) in [5.41, 5.74) is 0.909. The third-order valence-electron chi connectivity index (χ3n) is 10.5. The molecule has 4 aliphatic rings. The van der Waals surface area contributed by atoms with E-state index in [2.05, 4.69) is 40.7 Å². The summed E-state index contributed by atoms with van der Waals surface area (Å²) in [6.07, 6.45) is 12.4. The maximum Gasteiger partial charge on any atom is 0.174 e. The summed E-state index contributed by atoms with van der Waals surface area (Å²) in [6, 6.07) is 0. The second-order valence-corrected chi connectivity index (χ2v) is 12.5. The fourth-order valence-corrected chi connectivity index (χ4v) is 8.80. The van der Waals surface area contributed by atoms with E-state index in [1.807, 2.05) is 0 Å². The van der Waals surface area contributed by atoms with Crippen LogP contribution in [0.3, 0.4) is 0 Å². The third kappa shape index (κ3) is 3.42. The lowest BCUT2D eigenvalue weighted by Crippen LogP contribution is -2.62. The largest absolute Gasteiger partial charge is 0.393 e. The van der Waals surface area contributed by atoms with Gasteiger partial charge in [-0.2, -0.15) is 0 Å². The topological polar surface area (TPSA) is 60.7 Å². The predicted molar refractivity (Wildman–Crippen MR) is 122 cm³/mol. The number of rotatable bonds is 5. The Labute approximate surface area is 184 Å². The van der Waals surface area contributed by atoms with Gasteiger partial charge in [-0.05, 0) is 79.4 Å². The van der Waals surface area contributed by atoms with Crippen LogP contribution in [0.4, 0.5) is 0 Å². The van der Waals surface area contributed by atoms with Crippen LogP contribution in [0.15, 0.2) is 11.6 Å². The smallest absolute Gasteiger partial charge is 0.174 e. The summed E-state index contributed by atoms with van der Waals surface area (Å²) in [6.45, 7) is 11.8. The summed E-state index contributed by atoms with van der Waals surface area (Å²) >= 11 is 0. The molecule has 3 nitrogen and oxygen atoms in total. The van der Waals surface area contributed by atoms with E-state index in [0.717, 1.165) is 36.2 Å². The monoisotopic (exact) mass is 418 g/mol. The lowest BCUT2D eigenvalue weighted by molar-refractivity contribution is -0.281. The van der Waals surface area contributed by atoms with Gasteiger partial charge in [-0.25, -0.2) is 0 Å². The highest BCUT2D eigenvalue weighted by Gasteiger charge is 2.64. The predicted octanol–water partition coefficient (Wildman–Crippen LogP) is 5.68. The van der Waals surface area contributed by atoms with Gasteiger partial charge >= 0.3 is 0 Å². The third-order valence-corrected chi connectivity index (χ3v) is 10.5. The van der Waals surface area contributed by atoms with Crippen molar-refractivity contribution >= 4 is 0 Å². The van der Waals surface area contributed by atoms with Crippen LogP contribution in [0.25, 0.3) is 0 Å². The van der Waals surface area contributed by atoms with Crippen LogP contribution in [0.5, 0.6) is 0 Å². The minimum absolute atomic E-state index is 0.0848. The zero-order chi connectivity index (χ0) is 21.9. The van der Waals surface area contributed by atoms with Gasteiger partial charge < -0.3 is 15.3 Å². The maximum absolute atomic E-state index is 11.1. The first-order valence-electron chi connectivity index (χ1n) is 12.8. The van der Waals surface area contributed by atoms with Gasteiger partial charge in [0.1, 0.15) is 0 Å². The van der Waals surface area contributed by atoms with Crippen LogP contribution < -0.4 is 0 Å². The molecule has 0 amide bonds. The van der Waals surface area contributed by atoms with Crippen LogP contribution in [0.2, 0.25) is 0 Å². The first-order chi connectivity index (χ1) is 14.0. The standard InChI is InChI=1S/C27H46O3/c1-17(2)7-6-8-18(3)22-11-12-23-21-10-9-19-15-20(28)16-27(29,30)26(19,5)24(21)13-14-25(22,23)4/h9,17-18,20-24,28-30H,6-8,10-16H2,1-5H3/t18-,20+,21+,22-,23+,24+,25-,26+/m1/s1. The molecule has 30 heavy (non-hydrogen) atoms. The zero-order valence-electron chi connectivity index (χ0n) is 20.0. The van der Waals surface area contributed by atoms with Crippen molar-refractivity contribution in [2.75, 3.05) is 0 Å². The van der Waals surface area contributed by atoms with E-state index in [9.17, 15) is 15.3 Å². The minimum atomic E-state index is -1.80. The molecular weight excluding hydrogens is 372 g/mol. The number of allylic oxidation sites excluding steroid dienone is 1. The molecule has 0 saturated heterocycles. The molecule has 4 rings (SSSR count). The Morgan fingerprint density at radius 2 is 1.77 bits per heavy atom. The Morgan fingerprint density at radius 1 is 1.03 bits per heavy atom. The summed E-state index contributed by atoms with van der Waals surface area (Å²) in [5.74, 6) is 2.19. The SMILES string of the molecule is CC(C)CCC[C@@H](C)[C@H]1CC[C@H]2[C@@H]3CC=C4C[C@H](O)CC(O)(O)[C@]4(C)[C@H]3CC[C@]12C. The first kappa shape index (κ1) is 22.8. The molecule has 8 atom stereocenters.